The lowest BCUT2D eigenvalue weighted by atomic mass is 10.2. The van der Waals surface area contributed by atoms with Gasteiger partial charge in [-0.15, -0.1) is 4.83 Å². The van der Waals surface area contributed by atoms with Crippen molar-refractivity contribution >= 4 is 49.2 Å². The highest BCUT2D eigenvalue weighted by Gasteiger charge is 2.28. The zero-order valence-corrected chi connectivity index (χ0v) is 17.9. The Hall–Kier alpha value is -1.76. The third-order valence-electron chi connectivity index (χ3n) is 4.17. The van der Waals surface area contributed by atoms with E-state index in [1.54, 1.807) is 0 Å². The summed E-state index contributed by atoms with van der Waals surface area (Å²) in [5.74, 6) is -0.843. The molecule has 156 valence electrons. The highest BCUT2D eigenvalue weighted by Crippen LogP contribution is 2.22. The summed E-state index contributed by atoms with van der Waals surface area (Å²) < 4.78 is 51.2. The molecule has 2 aromatic rings. The molecule has 1 saturated heterocycles. The molecule has 1 amide bonds. The molecular formula is C16H16Cl2N4O5S2. The van der Waals surface area contributed by atoms with Gasteiger partial charge in [-0.2, -0.15) is 4.31 Å². The number of nitrogens with one attached hydrogen (secondary N) is 2. The maximum atomic E-state index is 12.6. The summed E-state index contributed by atoms with van der Waals surface area (Å²) in [7, 11) is -7.94. The van der Waals surface area contributed by atoms with Crippen molar-refractivity contribution < 1.29 is 21.6 Å². The maximum absolute atomic E-state index is 12.6. The van der Waals surface area contributed by atoms with Gasteiger partial charge in [0.15, 0.2) is 5.15 Å². The summed E-state index contributed by atoms with van der Waals surface area (Å²) in [6.45, 7) is 0.850. The second kappa shape index (κ2) is 8.54. The number of hydrogen-bond acceptors (Lipinski definition) is 6. The van der Waals surface area contributed by atoms with Crippen molar-refractivity contribution in [1.82, 2.24) is 19.5 Å². The van der Waals surface area contributed by atoms with E-state index in [4.69, 9.17) is 23.2 Å². The summed E-state index contributed by atoms with van der Waals surface area (Å²) in [6.07, 6.45) is 1.56. The lowest BCUT2D eigenvalue weighted by Crippen LogP contribution is -2.41. The molecular weight excluding hydrogens is 463 g/mol. The van der Waals surface area contributed by atoms with Crippen LogP contribution in [0.5, 0.6) is 0 Å². The lowest BCUT2D eigenvalue weighted by Gasteiger charge is -2.16. The summed E-state index contributed by atoms with van der Waals surface area (Å²) in [4.78, 5) is 17.4. The number of aromatic nitrogens is 1. The Morgan fingerprint density at radius 2 is 1.72 bits per heavy atom. The molecule has 0 bridgehead atoms. The summed E-state index contributed by atoms with van der Waals surface area (Å²) in [6, 6.07) is 7.71. The van der Waals surface area contributed by atoms with E-state index in [0.717, 1.165) is 18.9 Å². The van der Waals surface area contributed by atoms with Crippen LogP contribution in [0.15, 0.2) is 46.2 Å². The number of hydrogen-bond donors (Lipinski definition) is 2. The van der Waals surface area contributed by atoms with Gasteiger partial charge in [0.25, 0.3) is 15.9 Å². The Bertz CT molecular complexity index is 1150. The minimum absolute atomic E-state index is 0.00834. The van der Waals surface area contributed by atoms with E-state index in [1.807, 2.05) is 10.3 Å². The smallest absolute Gasteiger partial charge is 0.266 e. The molecule has 1 aromatic heterocycles. The van der Waals surface area contributed by atoms with Crippen LogP contribution in [-0.2, 0) is 20.0 Å². The molecule has 1 fully saturated rings. The van der Waals surface area contributed by atoms with Crippen LogP contribution in [0.4, 0.5) is 0 Å². The predicted octanol–water partition coefficient (Wildman–Crippen LogP) is 1.80. The van der Waals surface area contributed by atoms with E-state index < -0.39 is 26.0 Å². The van der Waals surface area contributed by atoms with E-state index >= 15 is 0 Å². The lowest BCUT2D eigenvalue weighted by molar-refractivity contribution is 0.0945. The van der Waals surface area contributed by atoms with Crippen LogP contribution in [0.2, 0.25) is 10.3 Å². The van der Waals surface area contributed by atoms with Crippen molar-refractivity contribution in [3.05, 3.63) is 52.3 Å². The molecule has 0 saturated carbocycles. The molecule has 0 unspecified atom stereocenters. The van der Waals surface area contributed by atoms with Crippen molar-refractivity contribution in [2.24, 2.45) is 0 Å². The number of nitrogens with zero attached hydrogens (tertiary/aromatic N) is 2. The zero-order chi connectivity index (χ0) is 21.2. The van der Waals surface area contributed by atoms with Crippen LogP contribution in [0, 0.1) is 0 Å². The minimum atomic E-state index is -4.22. The van der Waals surface area contributed by atoms with Gasteiger partial charge in [0.2, 0.25) is 10.0 Å². The number of rotatable bonds is 6. The quantitative estimate of drug-likeness (QED) is 0.481. The van der Waals surface area contributed by atoms with Gasteiger partial charge in [-0.25, -0.2) is 21.8 Å². The topological polar surface area (TPSA) is 126 Å². The number of benzene rings is 1. The average Bonchev–Trinajstić information content (AvgIpc) is 3.21. The van der Waals surface area contributed by atoms with Gasteiger partial charge < -0.3 is 0 Å². The van der Waals surface area contributed by atoms with E-state index in [2.05, 4.69) is 4.98 Å². The highest BCUT2D eigenvalue weighted by molar-refractivity contribution is 7.89. The first-order chi connectivity index (χ1) is 13.6. The first-order valence-corrected chi connectivity index (χ1v) is 12.0. The molecule has 1 aliphatic rings. The van der Waals surface area contributed by atoms with Crippen molar-refractivity contribution in [2.75, 3.05) is 13.1 Å². The Morgan fingerprint density at radius 1 is 1.03 bits per heavy atom. The summed E-state index contributed by atoms with van der Waals surface area (Å²) in [5.41, 5.74) is 1.99. The Kier molecular flexibility index (Phi) is 6.46. The van der Waals surface area contributed by atoms with Crippen LogP contribution in [-0.4, -0.2) is 45.1 Å². The standard InChI is InChI=1S/C16H16Cl2N4O5S2/c17-14-7-6-13(15(18)19-14)28(24,25)21-20-16(23)11-4-3-5-12(10-11)29(26,27)22-8-1-2-9-22/h3-7,10,21H,1-2,8-9H2,(H,20,23). The number of halogens is 2. The Balaban J connectivity index is 1.76. The van der Waals surface area contributed by atoms with Crippen molar-refractivity contribution in [1.29, 1.82) is 0 Å². The summed E-state index contributed by atoms with van der Waals surface area (Å²) in [5, 5.41) is -0.355. The SMILES string of the molecule is O=C(NNS(=O)(=O)c1ccc(Cl)nc1Cl)c1cccc(S(=O)(=O)N2CCCC2)c1. The van der Waals surface area contributed by atoms with E-state index in [-0.39, 0.29) is 25.7 Å². The monoisotopic (exact) mass is 478 g/mol. The van der Waals surface area contributed by atoms with Gasteiger partial charge in [-0.3, -0.25) is 10.2 Å². The third kappa shape index (κ3) is 4.87. The Labute approximate surface area is 178 Å². The fraction of sp³-hybridized carbons (Fsp3) is 0.250. The molecule has 0 atom stereocenters. The van der Waals surface area contributed by atoms with Crippen molar-refractivity contribution in [2.45, 2.75) is 22.6 Å². The zero-order valence-electron chi connectivity index (χ0n) is 14.8. The second-order valence-electron chi connectivity index (χ2n) is 6.12. The Morgan fingerprint density at radius 3 is 2.38 bits per heavy atom. The molecule has 3 rings (SSSR count). The third-order valence-corrected chi connectivity index (χ3v) is 7.95. The van der Waals surface area contributed by atoms with E-state index in [1.165, 1.54) is 34.6 Å². The number of hydrazine groups is 1. The molecule has 1 aromatic carbocycles. The number of carbonyl (C=O) groups is 1. The number of carbonyl (C=O) groups excluding carboxylic acids is 1. The second-order valence-corrected chi connectivity index (χ2v) is 10.5. The van der Waals surface area contributed by atoms with Crippen LogP contribution in [0.1, 0.15) is 23.2 Å². The average molecular weight is 479 g/mol. The van der Waals surface area contributed by atoms with Gasteiger partial charge >= 0.3 is 0 Å². The molecule has 0 spiro atoms. The number of pyridine rings is 1. The predicted molar refractivity (Wildman–Crippen MR) is 106 cm³/mol. The van der Waals surface area contributed by atoms with Crippen LogP contribution in [0.3, 0.4) is 0 Å². The normalized spacial score (nSPS) is 15.4. The van der Waals surface area contributed by atoms with Gasteiger partial charge in [0, 0.05) is 18.7 Å². The first-order valence-electron chi connectivity index (χ1n) is 8.36. The molecule has 29 heavy (non-hydrogen) atoms. The van der Waals surface area contributed by atoms with E-state index in [9.17, 15) is 21.6 Å². The fourth-order valence-electron chi connectivity index (χ4n) is 2.72. The fourth-order valence-corrected chi connectivity index (χ4v) is 5.78. The van der Waals surface area contributed by atoms with Gasteiger partial charge in [0.05, 0.1) is 4.90 Å². The highest BCUT2D eigenvalue weighted by atomic mass is 35.5. The number of sulfonamides is 2. The van der Waals surface area contributed by atoms with Crippen LogP contribution < -0.4 is 10.3 Å². The minimum Gasteiger partial charge on any atom is -0.273 e. The molecule has 2 N–H and O–H groups in total. The molecule has 13 heteroatoms. The van der Waals surface area contributed by atoms with Gasteiger partial charge in [-0.1, -0.05) is 29.3 Å². The van der Waals surface area contributed by atoms with Crippen LogP contribution in [0.25, 0.3) is 0 Å². The molecule has 0 radical (unpaired) electrons. The van der Waals surface area contributed by atoms with E-state index in [0.29, 0.717) is 13.1 Å². The first kappa shape index (κ1) is 21.9. The molecule has 2 heterocycles. The van der Waals surface area contributed by atoms with Crippen molar-refractivity contribution in [3.63, 3.8) is 0 Å². The summed E-state index contributed by atoms with van der Waals surface area (Å²) >= 11 is 11.4. The maximum Gasteiger partial charge on any atom is 0.266 e. The van der Waals surface area contributed by atoms with Crippen LogP contribution >= 0.6 is 23.2 Å². The molecule has 1 aliphatic heterocycles. The van der Waals surface area contributed by atoms with Gasteiger partial charge in [0.1, 0.15) is 10.0 Å². The molecule has 9 nitrogen and oxygen atoms in total. The molecule has 0 aliphatic carbocycles. The largest absolute Gasteiger partial charge is 0.273 e. The number of amides is 1. The van der Waals surface area contributed by atoms with Gasteiger partial charge in [-0.05, 0) is 43.2 Å². The van der Waals surface area contributed by atoms with Crippen molar-refractivity contribution in [3.8, 4) is 0 Å².